The number of carbonyl (C=O) groups excluding carboxylic acids is 2. The summed E-state index contributed by atoms with van der Waals surface area (Å²) in [5.41, 5.74) is 1.79. The lowest BCUT2D eigenvalue weighted by molar-refractivity contribution is -0.112. The molecule has 0 saturated carbocycles. The SMILES string of the molecule is O=C(Cl)CN1C(=O)OC(c2ccccc2)C1c1ccccc1. The molecule has 3 rings (SSSR count). The average Bonchev–Trinajstić information content (AvgIpc) is 2.85. The number of rotatable bonds is 4. The second-order valence-corrected chi connectivity index (χ2v) is 5.48. The van der Waals surface area contributed by atoms with Gasteiger partial charge in [-0.1, -0.05) is 60.7 Å². The van der Waals surface area contributed by atoms with Crippen LogP contribution in [0.4, 0.5) is 4.79 Å². The maximum absolute atomic E-state index is 12.2. The van der Waals surface area contributed by atoms with Gasteiger partial charge in [-0.05, 0) is 22.7 Å². The molecular weight excluding hydrogens is 302 g/mol. The quantitative estimate of drug-likeness (QED) is 0.808. The van der Waals surface area contributed by atoms with Crippen LogP contribution in [-0.2, 0) is 9.53 Å². The Morgan fingerprint density at radius 3 is 2.09 bits per heavy atom. The average molecular weight is 316 g/mol. The summed E-state index contributed by atoms with van der Waals surface area (Å²) in [5, 5.41) is -0.591. The molecule has 1 amide bonds. The second kappa shape index (κ2) is 6.20. The maximum atomic E-state index is 12.2. The van der Waals surface area contributed by atoms with Crippen LogP contribution in [-0.4, -0.2) is 22.8 Å². The first-order valence-corrected chi connectivity index (χ1v) is 7.30. The Morgan fingerprint density at radius 1 is 1.00 bits per heavy atom. The fourth-order valence-electron chi connectivity index (χ4n) is 2.71. The molecular formula is C17H14ClNO3. The van der Waals surface area contributed by atoms with Gasteiger partial charge in [0.15, 0.2) is 6.10 Å². The monoisotopic (exact) mass is 315 g/mol. The van der Waals surface area contributed by atoms with E-state index in [1.54, 1.807) is 0 Å². The van der Waals surface area contributed by atoms with Gasteiger partial charge in [0.2, 0.25) is 5.24 Å². The summed E-state index contributed by atoms with van der Waals surface area (Å²) >= 11 is 5.48. The zero-order valence-electron chi connectivity index (χ0n) is 11.7. The third-order valence-corrected chi connectivity index (χ3v) is 3.77. The van der Waals surface area contributed by atoms with Crippen LogP contribution < -0.4 is 0 Å². The molecule has 0 radical (unpaired) electrons. The van der Waals surface area contributed by atoms with Crippen molar-refractivity contribution in [2.75, 3.05) is 6.54 Å². The highest BCUT2D eigenvalue weighted by atomic mass is 35.5. The summed E-state index contributed by atoms with van der Waals surface area (Å²) in [4.78, 5) is 24.8. The van der Waals surface area contributed by atoms with Gasteiger partial charge < -0.3 is 4.74 Å². The molecule has 1 heterocycles. The third-order valence-electron chi connectivity index (χ3n) is 3.65. The number of benzene rings is 2. The molecule has 112 valence electrons. The lowest BCUT2D eigenvalue weighted by Gasteiger charge is -2.24. The van der Waals surface area contributed by atoms with Crippen molar-refractivity contribution in [2.45, 2.75) is 12.1 Å². The van der Waals surface area contributed by atoms with Crippen molar-refractivity contribution >= 4 is 22.9 Å². The number of amides is 1. The minimum atomic E-state index is -0.591. The molecule has 22 heavy (non-hydrogen) atoms. The van der Waals surface area contributed by atoms with E-state index in [0.717, 1.165) is 11.1 Å². The van der Waals surface area contributed by atoms with Gasteiger partial charge in [-0.2, -0.15) is 0 Å². The van der Waals surface area contributed by atoms with Crippen molar-refractivity contribution in [1.29, 1.82) is 0 Å². The van der Waals surface area contributed by atoms with Gasteiger partial charge in [-0.25, -0.2) is 4.79 Å². The minimum Gasteiger partial charge on any atom is -0.439 e. The standard InChI is InChI=1S/C17H14ClNO3/c18-14(20)11-19-15(12-7-3-1-4-8-12)16(22-17(19)21)13-9-5-2-6-10-13/h1-10,15-16H,11H2. The van der Waals surface area contributed by atoms with E-state index < -0.39 is 17.4 Å². The van der Waals surface area contributed by atoms with E-state index in [0.29, 0.717) is 0 Å². The van der Waals surface area contributed by atoms with E-state index in [9.17, 15) is 9.59 Å². The van der Waals surface area contributed by atoms with E-state index in [1.807, 2.05) is 60.7 Å². The van der Waals surface area contributed by atoms with Crippen LogP contribution in [0.2, 0.25) is 0 Å². The number of carbonyl (C=O) groups is 2. The fourth-order valence-corrected chi connectivity index (χ4v) is 2.84. The Balaban J connectivity index is 2.02. The maximum Gasteiger partial charge on any atom is 0.411 e. The molecule has 0 aliphatic carbocycles. The van der Waals surface area contributed by atoms with E-state index in [1.165, 1.54) is 4.90 Å². The molecule has 4 nitrogen and oxygen atoms in total. The summed E-state index contributed by atoms with van der Waals surface area (Å²) in [6.07, 6.45) is -0.996. The lowest BCUT2D eigenvalue weighted by Crippen LogP contribution is -2.31. The highest BCUT2D eigenvalue weighted by Gasteiger charge is 2.43. The molecule has 0 aromatic heterocycles. The zero-order chi connectivity index (χ0) is 15.5. The molecule has 2 aromatic carbocycles. The summed E-state index contributed by atoms with van der Waals surface area (Å²) in [6, 6.07) is 18.6. The third kappa shape index (κ3) is 2.83. The number of halogens is 1. The van der Waals surface area contributed by atoms with Crippen molar-refractivity contribution in [3.8, 4) is 0 Å². The molecule has 2 atom stereocenters. The Hall–Kier alpha value is -2.33. The Labute approximate surface area is 133 Å². The van der Waals surface area contributed by atoms with Gasteiger partial charge >= 0.3 is 6.09 Å². The minimum absolute atomic E-state index is 0.177. The molecule has 2 unspecified atom stereocenters. The lowest BCUT2D eigenvalue weighted by atomic mass is 9.95. The number of nitrogens with zero attached hydrogens (tertiary/aromatic N) is 1. The second-order valence-electron chi connectivity index (χ2n) is 5.05. The molecule has 1 aliphatic heterocycles. The molecule has 1 fully saturated rings. The predicted molar refractivity (Wildman–Crippen MR) is 82.4 cm³/mol. The molecule has 1 saturated heterocycles. The highest BCUT2D eigenvalue weighted by Crippen LogP contribution is 2.42. The summed E-state index contributed by atoms with van der Waals surface area (Å²) in [6.45, 7) is -0.177. The Morgan fingerprint density at radius 2 is 1.55 bits per heavy atom. The van der Waals surface area contributed by atoms with Gasteiger partial charge in [0.05, 0.1) is 6.54 Å². The number of cyclic esters (lactones) is 1. The van der Waals surface area contributed by atoms with Gasteiger partial charge in [0.1, 0.15) is 6.04 Å². The fraction of sp³-hybridized carbons (Fsp3) is 0.176. The van der Waals surface area contributed by atoms with Crippen molar-refractivity contribution in [3.05, 3.63) is 71.8 Å². The van der Waals surface area contributed by atoms with Crippen LogP contribution in [0.3, 0.4) is 0 Å². The zero-order valence-corrected chi connectivity index (χ0v) is 12.4. The first-order chi connectivity index (χ1) is 10.7. The largest absolute Gasteiger partial charge is 0.439 e. The molecule has 1 aliphatic rings. The van der Waals surface area contributed by atoms with Crippen molar-refractivity contribution in [1.82, 2.24) is 4.90 Å². The van der Waals surface area contributed by atoms with Crippen LogP contribution in [0.5, 0.6) is 0 Å². The van der Waals surface area contributed by atoms with E-state index in [-0.39, 0.29) is 12.6 Å². The molecule has 0 bridgehead atoms. The van der Waals surface area contributed by atoms with Crippen LogP contribution in [0.1, 0.15) is 23.3 Å². The first-order valence-electron chi connectivity index (χ1n) is 6.92. The van der Waals surface area contributed by atoms with E-state index in [2.05, 4.69) is 0 Å². The topological polar surface area (TPSA) is 46.6 Å². The van der Waals surface area contributed by atoms with Crippen molar-refractivity contribution < 1.29 is 14.3 Å². The molecule has 5 heteroatoms. The Kier molecular flexibility index (Phi) is 4.11. The Bertz CT molecular complexity index is 675. The summed E-state index contributed by atoms with van der Waals surface area (Å²) in [7, 11) is 0. The van der Waals surface area contributed by atoms with Crippen molar-refractivity contribution in [2.24, 2.45) is 0 Å². The molecule has 2 aromatic rings. The normalized spacial score (nSPS) is 20.8. The van der Waals surface area contributed by atoms with Gasteiger partial charge in [-0.3, -0.25) is 9.69 Å². The molecule has 0 spiro atoms. The van der Waals surface area contributed by atoms with Crippen LogP contribution in [0, 0.1) is 0 Å². The number of hydrogen-bond donors (Lipinski definition) is 0. The van der Waals surface area contributed by atoms with Crippen LogP contribution in [0.25, 0.3) is 0 Å². The van der Waals surface area contributed by atoms with Gasteiger partial charge in [0, 0.05) is 0 Å². The van der Waals surface area contributed by atoms with E-state index >= 15 is 0 Å². The summed E-state index contributed by atoms with van der Waals surface area (Å²) < 4.78 is 5.50. The highest BCUT2D eigenvalue weighted by molar-refractivity contribution is 6.64. The number of hydrogen-bond acceptors (Lipinski definition) is 3. The first kappa shape index (κ1) is 14.6. The predicted octanol–water partition coefficient (Wildman–Crippen LogP) is 3.69. The van der Waals surface area contributed by atoms with E-state index in [4.69, 9.17) is 16.3 Å². The van der Waals surface area contributed by atoms with Crippen LogP contribution in [0.15, 0.2) is 60.7 Å². The summed E-state index contributed by atoms with van der Waals surface area (Å²) in [5.74, 6) is 0. The molecule has 0 N–H and O–H groups in total. The smallest absolute Gasteiger partial charge is 0.411 e. The van der Waals surface area contributed by atoms with Crippen LogP contribution >= 0.6 is 11.6 Å². The number of ether oxygens (including phenoxy) is 1. The van der Waals surface area contributed by atoms with Crippen molar-refractivity contribution in [3.63, 3.8) is 0 Å². The van der Waals surface area contributed by atoms with Gasteiger partial charge in [-0.15, -0.1) is 0 Å². The van der Waals surface area contributed by atoms with Gasteiger partial charge in [0.25, 0.3) is 0 Å².